The molecular formula is C39H55CaN4O8P. The molecule has 0 spiro atoms. The number of nitrogens with one attached hydrogen (secondary N) is 3. The van der Waals surface area contributed by atoms with E-state index in [4.69, 9.17) is 13.8 Å². The molecule has 4 amide bonds. The predicted molar refractivity (Wildman–Crippen MR) is 208 cm³/mol. The molecule has 0 aliphatic carbocycles. The van der Waals surface area contributed by atoms with Crippen LogP contribution in [0.2, 0.25) is 0 Å². The number of benzene rings is 3. The van der Waals surface area contributed by atoms with Gasteiger partial charge >= 0.3 is 51.6 Å². The summed E-state index contributed by atoms with van der Waals surface area (Å²) in [5.74, 6) is -0.407. The van der Waals surface area contributed by atoms with Crippen LogP contribution in [0.25, 0.3) is 0 Å². The Labute approximate surface area is 343 Å². The number of urea groups is 1. The number of hydrogen-bond donors (Lipinski definition) is 4. The molecule has 1 unspecified atom stereocenters. The normalized spacial score (nSPS) is 16.3. The first-order valence-electron chi connectivity index (χ1n) is 17.9. The molecule has 4 N–H and O–H groups in total. The topological polar surface area (TPSA) is 156 Å². The minimum atomic E-state index is -4.62. The molecule has 286 valence electrons. The van der Waals surface area contributed by atoms with Gasteiger partial charge in [-0.3, -0.25) is 18.6 Å². The number of phosphoric acid groups is 1. The Morgan fingerprint density at radius 3 is 2.09 bits per heavy atom. The second kappa shape index (κ2) is 21.8. The van der Waals surface area contributed by atoms with E-state index in [2.05, 4.69) is 16.0 Å². The Morgan fingerprint density at radius 2 is 1.53 bits per heavy atom. The van der Waals surface area contributed by atoms with Crippen molar-refractivity contribution in [3.8, 4) is 5.75 Å². The van der Waals surface area contributed by atoms with Crippen LogP contribution in [0.1, 0.15) is 55.9 Å². The Hall–Kier alpha value is -2.96. The fourth-order valence-electron chi connectivity index (χ4n) is 6.58. The zero-order chi connectivity index (χ0) is 37.7. The molecule has 1 aliphatic heterocycles. The summed E-state index contributed by atoms with van der Waals surface area (Å²) in [6, 6.07) is 22.1. The van der Waals surface area contributed by atoms with Gasteiger partial charge in [-0.15, -0.1) is 0 Å². The summed E-state index contributed by atoms with van der Waals surface area (Å²) in [4.78, 5) is 53.0. The molecule has 53 heavy (non-hydrogen) atoms. The summed E-state index contributed by atoms with van der Waals surface area (Å²) < 4.78 is 30.3. The Morgan fingerprint density at radius 1 is 0.925 bits per heavy atom. The number of phosphoric ester groups is 1. The molecular weight excluding hydrogens is 724 g/mol. The van der Waals surface area contributed by atoms with Gasteiger partial charge in [0, 0.05) is 19.1 Å². The standard InChI is InChI=1S/C39H53N4O8P.Ca.2H/c1-6-50-52(47,48)51-34(33(24-31-19-11-8-12-20-31)42-35(44)26-49-37-28(4)15-13-16-29(37)5)25-32(23-30-17-9-7-10-18-30)41-38(45)36(27(2)3)43-22-14-21-40-39(43)46;;;/h7-13,15-20,27,32-34,36H,6,14,21-26H2,1-5H3,(H,40,46)(H,41,45)(H,42,44)(H,47,48);;;/t32-,33+,34+,36+;;;/m1.../s1. The van der Waals surface area contributed by atoms with Crippen molar-refractivity contribution in [3.05, 3.63) is 101 Å². The van der Waals surface area contributed by atoms with Crippen LogP contribution in [0.4, 0.5) is 4.79 Å². The first kappa shape index (κ1) is 44.4. The van der Waals surface area contributed by atoms with Crippen LogP contribution in [0.3, 0.4) is 0 Å². The van der Waals surface area contributed by atoms with Crippen LogP contribution in [0.15, 0.2) is 78.9 Å². The van der Waals surface area contributed by atoms with E-state index in [1.165, 1.54) is 0 Å². The van der Waals surface area contributed by atoms with Crippen molar-refractivity contribution in [2.45, 2.75) is 84.5 Å². The number of amides is 4. The van der Waals surface area contributed by atoms with Crippen molar-refractivity contribution in [3.63, 3.8) is 0 Å². The van der Waals surface area contributed by atoms with Crippen LogP contribution < -0.4 is 20.7 Å². The zero-order valence-corrected chi connectivity index (χ0v) is 31.6. The summed E-state index contributed by atoms with van der Waals surface area (Å²) in [5, 5.41) is 9.00. The average molecular weight is 779 g/mol. The number of nitrogens with zero attached hydrogens (tertiary/aromatic N) is 1. The molecule has 1 saturated heterocycles. The summed E-state index contributed by atoms with van der Waals surface area (Å²) in [6.07, 6.45) is 0.196. The molecule has 3 aromatic carbocycles. The third kappa shape index (κ3) is 14.0. The first-order valence-corrected chi connectivity index (χ1v) is 19.4. The monoisotopic (exact) mass is 778 g/mol. The summed E-state index contributed by atoms with van der Waals surface area (Å²) in [5.41, 5.74) is 3.52. The Balaban J connectivity index is 0.00000756. The van der Waals surface area contributed by atoms with Gasteiger partial charge in [0.05, 0.1) is 18.8 Å². The second-order valence-electron chi connectivity index (χ2n) is 13.5. The van der Waals surface area contributed by atoms with Crippen LogP contribution in [-0.2, 0) is 36.0 Å². The Kier molecular flexibility index (Phi) is 18.3. The molecule has 0 aromatic heterocycles. The summed E-state index contributed by atoms with van der Waals surface area (Å²) in [7, 11) is -4.62. The van der Waals surface area contributed by atoms with Crippen molar-refractivity contribution in [2.75, 3.05) is 26.3 Å². The van der Waals surface area contributed by atoms with Gasteiger partial charge in [-0.1, -0.05) is 92.7 Å². The molecule has 0 saturated carbocycles. The number of rotatable bonds is 19. The maximum absolute atomic E-state index is 14.1. The predicted octanol–water partition coefficient (Wildman–Crippen LogP) is 4.57. The van der Waals surface area contributed by atoms with Crippen molar-refractivity contribution in [1.29, 1.82) is 0 Å². The van der Waals surface area contributed by atoms with Gasteiger partial charge in [-0.05, 0) is 74.6 Å². The van der Waals surface area contributed by atoms with E-state index in [0.29, 0.717) is 31.7 Å². The van der Waals surface area contributed by atoms with Gasteiger partial charge in [0.1, 0.15) is 11.8 Å². The number of carbonyl (C=O) groups excluding carboxylic acids is 3. The maximum atomic E-state index is 14.1. The molecule has 14 heteroatoms. The molecule has 5 atom stereocenters. The minimum absolute atomic E-state index is 0. The molecule has 4 rings (SSSR count). The molecule has 0 radical (unpaired) electrons. The van der Waals surface area contributed by atoms with E-state index in [0.717, 1.165) is 22.3 Å². The average Bonchev–Trinajstić information content (AvgIpc) is 3.09. The van der Waals surface area contributed by atoms with Gasteiger partial charge in [0.15, 0.2) is 6.61 Å². The number of ether oxygens (including phenoxy) is 1. The van der Waals surface area contributed by atoms with Gasteiger partial charge in [0.25, 0.3) is 5.91 Å². The molecule has 1 heterocycles. The fraction of sp³-hybridized carbons (Fsp3) is 0.462. The van der Waals surface area contributed by atoms with Gasteiger partial charge in [-0.2, -0.15) is 0 Å². The first-order chi connectivity index (χ1) is 24.9. The molecule has 1 aliphatic rings. The third-order valence-corrected chi connectivity index (χ3v) is 10.1. The number of aryl methyl sites for hydroxylation is 2. The van der Waals surface area contributed by atoms with E-state index >= 15 is 0 Å². The number of hydrogen-bond acceptors (Lipinski definition) is 7. The SMILES string of the molecule is CCOP(=O)(O)O[C@@H](C[C@@H](Cc1ccccc1)NC(=O)[C@H](C(C)C)N1CCCNC1=O)[C@H](Cc1ccccc1)NC(=O)COc1c(C)cccc1C.[CaH2]. The zero-order valence-electron chi connectivity index (χ0n) is 30.7. The van der Waals surface area contributed by atoms with E-state index in [9.17, 15) is 23.8 Å². The Bertz CT molecular complexity index is 1650. The molecule has 0 bridgehead atoms. The van der Waals surface area contributed by atoms with Crippen molar-refractivity contribution in [2.24, 2.45) is 5.92 Å². The van der Waals surface area contributed by atoms with E-state index in [1.807, 2.05) is 107 Å². The summed E-state index contributed by atoms with van der Waals surface area (Å²) in [6.45, 7) is 9.76. The van der Waals surface area contributed by atoms with E-state index in [1.54, 1.807) is 11.8 Å². The molecule has 3 aromatic rings. The van der Waals surface area contributed by atoms with E-state index < -0.39 is 38.0 Å². The quantitative estimate of drug-likeness (QED) is 0.102. The number of para-hydroxylation sites is 1. The molecule has 12 nitrogen and oxygen atoms in total. The van der Waals surface area contributed by atoms with Crippen LogP contribution >= 0.6 is 7.82 Å². The van der Waals surface area contributed by atoms with Crippen molar-refractivity contribution < 1.29 is 37.6 Å². The van der Waals surface area contributed by atoms with Crippen LogP contribution in [0, 0.1) is 19.8 Å². The second-order valence-corrected chi connectivity index (χ2v) is 14.9. The van der Waals surface area contributed by atoms with Crippen molar-refractivity contribution >= 4 is 63.4 Å². The van der Waals surface area contributed by atoms with Crippen LogP contribution in [0.5, 0.6) is 5.75 Å². The van der Waals surface area contributed by atoms with Gasteiger partial charge < -0.3 is 30.5 Å². The fourth-order valence-corrected chi connectivity index (χ4v) is 7.54. The van der Waals surface area contributed by atoms with Crippen molar-refractivity contribution in [1.82, 2.24) is 20.9 Å². The third-order valence-electron chi connectivity index (χ3n) is 8.95. The van der Waals surface area contributed by atoms with Gasteiger partial charge in [0.2, 0.25) is 5.91 Å². The van der Waals surface area contributed by atoms with Gasteiger partial charge in [-0.25, -0.2) is 9.36 Å². The van der Waals surface area contributed by atoms with Crippen LogP contribution in [-0.4, -0.2) is 116 Å². The number of carbonyl (C=O) groups is 3. The molecule has 1 fully saturated rings. The van der Waals surface area contributed by atoms with E-state index in [-0.39, 0.29) is 81.6 Å². The summed E-state index contributed by atoms with van der Waals surface area (Å²) >= 11 is 0.